The van der Waals surface area contributed by atoms with Gasteiger partial charge in [-0.1, -0.05) is 12.1 Å². The summed E-state index contributed by atoms with van der Waals surface area (Å²) >= 11 is 0. The van der Waals surface area contributed by atoms with Gasteiger partial charge < -0.3 is 14.6 Å². The third kappa shape index (κ3) is 2.63. The van der Waals surface area contributed by atoms with Crippen LogP contribution in [-0.4, -0.2) is 27.6 Å². The number of methoxy groups -OCH3 is 1. The highest BCUT2D eigenvalue weighted by molar-refractivity contribution is 5.94. The van der Waals surface area contributed by atoms with Gasteiger partial charge in [-0.2, -0.15) is 0 Å². The lowest BCUT2D eigenvalue weighted by molar-refractivity contribution is -0.118. The lowest BCUT2D eigenvalue weighted by Crippen LogP contribution is -2.23. The molecule has 1 atom stereocenters. The van der Waals surface area contributed by atoms with Crippen LogP contribution in [0.25, 0.3) is 11.0 Å². The molecule has 112 valence electrons. The normalized spacial score (nSPS) is 12.1. The van der Waals surface area contributed by atoms with E-state index in [-0.39, 0.29) is 11.9 Å². The molecule has 0 radical (unpaired) electrons. The molecule has 0 spiro atoms. The monoisotopic (exact) mass is 296 g/mol. The van der Waals surface area contributed by atoms with E-state index < -0.39 is 0 Å². The van der Waals surface area contributed by atoms with Crippen molar-refractivity contribution in [3.05, 3.63) is 48.9 Å². The first-order chi connectivity index (χ1) is 10.7. The zero-order chi connectivity index (χ0) is 15.5. The molecule has 0 saturated carbocycles. The van der Waals surface area contributed by atoms with Gasteiger partial charge in [0.1, 0.15) is 6.04 Å². The summed E-state index contributed by atoms with van der Waals surface area (Å²) < 4.78 is 6.84. The Kier molecular flexibility index (Phi) is 3.74. The number of nitrogens with one attached hydrogen (secondary N) is 1. The van der Waals surface area contributed by atoms with Crippen LogP contribution in [0.15, 0.2) is 48.9 Å². The van der Waals surface area contributed by atoms with Crippen molar-refractivity contribution < 1.29 is 9.53 Å². The second-order valence-electron chi connectivity index (χ2n) is 4.90. The van der Waals surface area contributed by atoms with E-state index in [0.717, 1.165) is 11.0 Å². The van der Waals surface area contributed by atoms with Crippen LogP contribution in [0.2, 0.25) is 0 Å². The SMILES string of the molecule is COc1ccc(NC(=O)C(C)n2cnc3ccccc32)cn1. The number of carbonyl (C=O) groups excluding carboxylic acids is 1. The summed E-state index contributed by atoms with van der Waals surface area (Å²) in [7, 11) is 1.55. The van der Waals surface area contributed by atoms with E-state index in [1.165, 1.54) is 0 Å². The smallest absolute Gasteiger partial charge is 0.247 e. The fourth-order valence-electron chi connectivity index (χ4n) is 2.23. The maximum Gasteiger partial charge on any atom is 0.247 e. The number of benzene rings is 1. The number of imidazole rings is 1. The Hall–Kier alpha value is -2.89. The van der Waals surface area contributed by atoms with Crippen molar-refractivity contribution in [2.45, 2.75) is 13.0 Å². The van der Waals surface area contributed by atoms with Gasteiger partial charge in [0, 0.05) is 6.07 Å². The molecular weight excluding hydrogens is 280 g/mol. The van der Waals surface area contributed by atoms with E-state index in [1.807, 2.05) is 35.8 Å². The quantitative estimate of drug-likeness (QED) is 0.803. The van der Waals surface area contributed by atoms with Crippen molar-refractivity contribution in [1.82, 2.24) is 14.5 Å². The van der Waals surface area contributed by atoms with Crippen molar-refractivity contribution >= 4 is 22.6 Å². The number of pyridine rings is 1. The lowest BCUT2D eigenvalue weighted by atomic mass is 10.2. The number of amides is 1. The van der Waals surface area contributed by atoms with Crippen LogP contribution in [0.1, 0.15) is 13.0 Å². The Bertz CT molecular complexity index is 795. The van der Waals surface area contributed by atoms with Gasteiger partial charge in [0.2, 0.25) is 11.8 Å². The first-order valence-corrected chi connectivity index (χ1v) is 6.91. The van der Waals surface area contributed by atoms with Gasteiger partial charge in [-0.05, 0) is 25.1 Å². The van der Waals surface area contributed by atoms with Gasteiger partial charge in [0.15, 0.2) is 0 Å². The predicted octanol–water partition coefficient (Wildman–Crippen LogP) is 2.64. The number of hydrogen-bond acceptors (Lipinski definition) is 4. The van der Waals surface area contributed by atoms with E-state index in [9.17, 15) is 4.79 Å². The first kappa shape index (κ1) is 14.1. The van der Waals surface area contributed by atoms with Crippen LogP contribution in [0.4, 0.5) is 5.69 Å². The molecule has 6 nitrogen and oxygen atoms in total. The number of hydrogen-bond donors (Lipinski definition) is 1. The van der Waals surface area contributed by atoms with E-state index in [2.05, 4.69) is 15.3 Å². The van der Waals surface area contributed by atoms with Crippen LogP contribution in [0.5, 0.6) is 5.88 Å². The summed E-state index contributed by atoms with van der Waals surface area (Å²) in [5, 5.41) is 2.84. The van der Waals surface area contributed by atoms with Crippen LogP contribution in [-0.2, 0) is 4.79 Å². The highest BCUT2D eigenvalue weighted by Gasteiger charge is 2.17. The molecule has 0 aliphatic carbocycles. The molecule has 0 bridgehead atoms. The summed E-state index contributed by atoms with van der Waals surface area (Å²) in [5.41, 5.74) is 2.42. The van der Waals surface area contributed by atoms with E-state index in [4.69, 9.17) is 4.74 Å². The summed E-state index contributed by atoms with van der Waals surface area (Å²) in [4.78, 5) is 20.8. The standard InChI is InChI=1S/C16H16N4O2/c1-11(20-10-18-13-5-3-4-6-14(13)20)16(21)19-12-7-8-15(22-2)17-9-12/h3-11H,1-2H3,(H,19,21). The van der Waals surface area contributed by atoms with Crippen LogP contribution in [0, 0.1) is 0 Å². The van der Waals surface area contributed by atoms with Crippen molar-refractivity contribution in [3.8, 4) is 5.88 Å². The number of carbonyl (C=O) groups is 1. The van der Waals surface area contributed by atoms with Crippen molar-refractivity contribution in [2.75, 3.05) is 12.4 Å². The van der Waals surface area contributed by atoms with Crippen LogP contribution in [0.3, 0.4) is 0 Å². The van der Waals surface area contributed by atoms with Gasteiger partial charge in [-0.25, -0.2) is 9.97 Å². The fourth-order valence-corrected chi connectivity index (χ4v) is 2.23. The molecule has 3 rings (SSSR count). The number of anilines is 1. The largest absolute Gasteiger partial charge is 0.481 e. The fraction of sp³-hybridized carbons (Fsp3) is 0.188. The molecule has 2 aromatic heterocycles. The molecule has 0 saturated heterocycles. The van der Waals surface area contributed by atoms with E-state index in [1.54, 1.807) is 31.8 Å². The Labute approximate surface area is 127 Å². The Morgan fingerprint density at radius 3 is 2.77 bits per heavy atom. The molecular formula is C16H16N4O2. The lowest BCUT2D eigenvalue weighted by Gasteiger charge is -2.14. The minimum Gasteiger partial charge on any atom is -0.481 e. The molecule has 6 heteroatoms. The highest BCUT2D eigenvalue weighted by Crippen LogP contribution is 2.19. The zero-order valence-corrected chi connectivity index (χ0v) is 12.4. The topological polar surface area (TPSA) is 69.0 Å². The molecule has 1 aromatic carbocycles. The highest BCUT2D eigenvalue weighted by atomic mass is 16.5. The number of para-hydroxylation sites is 2. The number of aromatic nitrogens is 3. The molecule has 22 heavy (non-hydrogen) atoms. The average Bonchev–Trinajstić information content (AvgIpc) is 2.99. The molecule has 0 aliphatic heterocycles. The van der Waals surface area contributed by atoms with Gasteiger partial charge in [-0.3, -0.25) is 4.79 Å². The third-order valence-corrected chi connectivity index (χ3v) is 3.49. The number of nitrogens with zero attached hydrogens (tertiary/aromatic N) is 3. The molecule has 0 aliphatic rings. The maximum atomic E-state index is 12.4. The van der Waals surface area contributed by atoms with E-state index in [0.29, 0.717) is 11.6 Å². The van der Waals surface area contributed by atoms with Gasteiger partial charge in [0.05, 0.1) is 36.4 Å². The van der Waals surface area contributed by atoms with Crippen molar-refractivity contribution in [2.24, 2.45) is 0 Å². The molecule has 3 aromatic rings. The average molecular weight is 296 g/mol. The Morgan fingerprint density at radius 1 is 1.23 bits per heavy atom. The number of rotatable bonds is 4. The van der Waals surface area contributed by atoms with Gasteiger partial charge in [0.25, 0.3) is 0 Å². The summed E-state index contributed by atoms with van der Waals surface area (Å²) in [6, 6.07) is 10.8. The zero-order valence-electron chi connectivity index (χ0n) is 12.4. The predicted molar refractivity (Wildman–Crippen MR) is 83.9 cm³/mol. The molecule has 1 N–H and O–H groups in total. The van der Waals surface area contributed by atoms with Crippen molar-refractivity contribution in [1.29, 1.82) is 0 Å². The molecule has 1 amide bonds. The second kappa shape index (κ2) is 5.85. The maximum absolute atomic E-state index is 12.4. The van der Waals surface area contributed by atoms with Crippen molar-refractivity contribution in [3.63, 3.8) is 0 Å². The Morgan fingerprint density at radius 2 is 2.05 bits per heavy atom. The Balaban J connectivity index is 1.79. The first-order valence-electron chi connectivity index (χ1n) is 6.91. The van der Waals surface area contributed by atoms with Crippen LogP contribution >= 0.6 is 0 Å². The van der Waals surface area contributed by atoms with Gasteiger partial charge in [-0.15, -0.1) is 0 Å². The molecule has 2 heterocycles. The molecule has 1 unspecified atom stereocenters. The second-order valence-corrected chi connectivity index (χ2v) is 4.90. The van der Waals surface area contributed by atoms with E-state index >= 15 is 0 Å². The molecule has 0 fully saturated rings. The van der Waals surface area contributed by atoms with Crippen LogP contribution < -0.4 is 10.1 Å². The third-order valence-electron chi connectivity index (χ3n) is 3.49. The summed E-state index contributed by atoms with van der Waals surface area (Å²) in [6.07, 6.45) is 3.25. The van der Waals surface area contributed by atoms with Gasteiger partial charge >= 0.3 is 0 Å². The summed E-state index contributed by atoms with van der Waals surface area (Å²) in [5.74, 6) is 0.377. The minimum atomic E-state index is -0.380. The number of ether oxygens (including phenoxy) is 1. The summed E-state index contributed by atoms with van der Waals surface area (Å²) in [6.45, 7) is 1.83. The number of fused-ring (bicyclic) bond motifs is 1. The minimum absolute atomic E-state index is 0.130.